The van der Waals surface area contributed by atoms with Crippen molar-refractivity contribution < 1.29 is 4.79 Å². The lowest BCUT2D eigenvalue weighted by molar-refractivity contribution is -0.131. The molecule has 4 heteroatoms. The molecule has 0 bridgehead atoms. The quantitative estimate of drug-likeness (QED) is 0.859. The predicted molar refractivity (Wildman–Crippen MR) is 89.6 cm³/mol. The fraction of sp³-hybridized carbons (Fsp3) is 0.579. The Morgan fingerprint density at radius 1 is 1.09 bits per heavy atom. The summed E-state index contributed by atoms with van der Waals surface area (Å²) in [6.45, 7) is 5.02. The molecule has 0 radical (unpaired) electrons. The van der Waals surface area contributed by atoms with Gasteiger partial charge < -0.3 is 4.90 Å². The molecule has 3 rings (SSSR count). The molecule has 2 fully saturated rings. The number of nitrogens with zero attached hydrogens (tertiary/aromatic N) is 3. The molecule has 2 saturated heterocycles. The number of benzene rings is 1. The van der Waals surface area contributed by atoms with Crippen LogP contribution in [0.5, 0.6) is 0 Å². The van der Waals surface area contributed by atoms with Crippen LogP contribution in [0.1, 0.15) is 43.2 Å². The van der Waals surface area contributed by atoms with Crippen LogP contribution in [0.25, 0.3) is 0 Å². The number of carbonyl (C=O) groups is 1. The molecule has 1 amide bonds. The van der Waals surface area contributed by atoms with E-state index in [1.165, 1.54) is 18.4 Å². The Kier molecular flexibility index (Phi) is 5.30. The lowest BCUT2D eigenvalue weighted by atomic mass is 9.92. The maximum atomic E-state index is 12.2. The van der Waals surface area contributed by atoms with Crippen molar-refractivity contribution in [3.63, 3.8) is 0 Å². The highest BCUT2D eigenvalue weighted by atomic mass is 16.2. The van der Waals surface area contributed by atoms with Crippen molar-refractivity contribution in [3.8, 4) is 6.07 Å². The minimum atomic E-state index is 0.369. The highest BCUT2D eigenvalue weighted by Gasteiger charge is 2.25. The molecule has 4 nitrogen and oxygen atoms in total. The number of rotatable bonds is 4. The van der Waals surface area contributed by atoms with Crippen LogP contribution in [0, 0.1) is 17.2 Å². The van der Waals surface area contributed by atoms with Gasteiger partial charge in [0.25, 0.3) is 0 Å². The topological polar surface area (TPSA) is 47.3 Å². The van der Waals surface area contributed by atoms with Gasteiger partial charge in [-0.1, -0.05) is 12.1 Å². The zero-order valence-electron chi connectivity index (χ0n) is 13.7. The van der Waals surface area contributed by atoms with Gasteiger partial charge in [-0.3, -0.25) is 9.69 Å². The Morgan fingerprint density at radius 2 is 1.74 bits per heavy atom. The van der Waals surface area contributed by atoms with Gasteiger partial charge in [-0.05, 0) is 62.4 Å². The summed E-state index contributed by atoms with van der Waals surface area (Å²) in [5.41, 5.74) is 1.98. The third-order valence-corrected chi connectivity index (χ3v) is 5.12. The molecular weight excluding hydrogens is 286 g/mol. The van der Waals surface area contributed by atoms with E-state index in [4.69, 9.17) is 5.26 Å². The summed E-state index contributed by atoms with van der Waals surface area (Å²) in [7, 11) is 0. The second kappa shape index (κ2) is 7.61. The van der Waals surface area contributed by atoms with E-state index in [0.29, 0.717) is 17.4 Å². The molecule has 23 heavy (non-hydrogen) atoms. The first-order valence-electron chi connectivity index (χ1n) is 8.74. The highest BCUT2D eigenvalue weighted by molar-refractivity contribution is 5.76. The SMILES string of the molecule is N#Cc1ccc(CN2CCC(CC(=O)N3CCCC3)CC2)cc1. The minimum Gasteiger partial charge on any atom is -0.343 e. The smallest absolute Gasteiger partial charge is 0.222 e. The molecule has 2 aliphatic rings. The van der Waals surface area contributed by atoms with Crippen molar-refractivity contribution in [1.82, 2.24) is 9.80 Å². The maximum absolute atomic E-state index is 12.2. The third kappa shape index (κ3) is 4.33. The van der Waals surface area contributed by atoms with Crippen LogP contribution in [0.3, 0.4) is 0 Å². The van der Waals surface area contributed by atoms with Gasteiger partial charge in [-0.15, -0.1) is 0 Å². The molecular formula is C19H25N3O. The average Bonchev–Trinajstić information content (AvgIpc) is 3.12. The first-order chi connectivity index (χ1) is 11.2. The van der Waals surface area contributed by atoms with Crippen LogP contribution in [-0.4, -0.2) is 41.9 Å². The Bertz CT molecular complexity index is 561. The van der Waals surface area contributed by atoms with Gasteiger partial charge >= 0.3 is 0 Å². The number of likely N-dealkylation sites (tertiary alicyclic amines) is 2. The first kappa shape index (κ1) is 16.0. The van der Waals surface area contributed by atoms with Gasteiger partial charge in [0.2, 0.25) is 5.91 Å². The van der Waals surface area contributed by atoms with E-state index in [0.717, 1.165) is 52.0 Å². The van der Waals surface area contributed by atoms with E-state index in [2.05, 4.69) is 11.0 Å². The predicted octanol–water partition coefficient (Wildman–Crippen LogP) is 2.78. The van der Waals surface area contributed by atoms with E-state index in [1.807, 2.05) is 29.2 Å². The van der Waals surface area contributed by atoms with E-state index in [-0.39, 0.29) is 0 Å². The summed E-state index contributed by atoms with van der Waals surface area (Å²) in [6.07, 6.45) is 5.33. The Hall–Kier alpha value is -1.86. The summed E-state index contributed by atoms with van der Waals surface area (Å²) < 4.78 is 0. The van der Waals surface area contributed by atoms with Crippen molar-refractivity contribution >= 4 is 5.91 Å². The fourth-order valence-corrected chi connectivity index (χ4v) is 3.63. The lowest BCUT2D eigenvalue weighted by Gasteiger charge is -2.32. The highest BCUT2D eigenvalue weighted by Crippen LogP contribution is 2.23. The minimum absolute atomic E-state index is 0.369. The molecule has 1 aromatic carbocycles. The van der Waals surface area contributed by atoms with Gasteiger partial charge in [-0.25, -0.2) is 0 Å². The molecule has 122 valence electrons. The lowest BCUT2D eigenvalue weighted by Crippen LogP contribution is -2.36. The number of nitriles is 1. The van der Waals surface area contributed by atoms with Crippen LogP contribution >= 0.6 is 0 Å². The largest absolute Gasteiger partial charge is 0.343 e. The van der Waals surface area contributed by atoms with E-state index < -0.39 is 0 Å². The van der Waals surface area contributed by atoms with Crippen LogP contribution in [0.4, 0.5) is 0 Å². The second-order valence-corrected chi connectivity index (χ2v) is 6.82. The van der Waals surface area contributed by atoms with Crippen molar-refractivity contribution in [2.45, 2.75) is 38.6 Å². The van der Waals surface area contributed by atoms with Crippen molar-refractivity contribution in [2.24, 2.45) is 5.92 Å². The summed E-state index contributed by atoms with van der Waals surface area (Å²) >= 11 is 0. The Labute approximate surface area is 138 Å². The number of hydrogen-bond acceptors (Lipinski definition) is 3. The molecule has 0 aromatic heterocycles. The van der Waals surface area contributed by atoms with Gasteiger partial charge in [0.15, 0.2) is 0 Å². The molecule has 0 aliphatic carbocycles. The molecule has 2 heterocycles. The standard InChI is InChI=1S/C19H25N3O/c20-14-17-3-5-18(6-4-17)15-21-11-7-16(8-12-21)13-19(23)22-9-1-2-10-22/h3-6,16H,1-2,7-13,15H2. The fourth-order valence-electron chi connectivity index (χ4n) is 3.63. The molecule has 0 atom stereocenters. The summed E-state index contributed by atoms with van der Waals surface area (Å²) in [6, 6.07) is 10.0. The van der Waals surface area contributed by atoms with Crippen LogP contribution in [0.2, 0.25) is 0 Å². The zero-order chi connectivity index (χ0) is 16.1. The number of carbonyl (C=O) groups excluding carboxylic acids is 1. The van der Waals surface area contributed by atoms with Crippen molar-refractivity contribution in [1.29, 1.82) is 5.26 Å². The summed E-state index contributed by atoms with van der Waals surface area (Å²) in [5.74, 6) is 0.924. The van der Waals surface area contributed by atoms with E-state index >= 15 is 0 Å². The second-order valence-electron chi connectivity index (χ2n) is 6.82. The number of piperidine rings is 1. The zero-order valence-corrected chi connectivity index (χ0v) is 13.7. The Balaban J connectivity index is 1.42. The molecule has 0 saturated carbocycles. The summed E-state index contributed by atoms with van der Waals surface area (Å²) in [4.78, 5) is 16.7. The first-order valence-corrected chi connectivity index (χ1v) is 8.74. The van der Waals surface area contributed by atoms with Crippen LogP contribution in [0.15, 0.2) is 24.3 Å². The van der Waals surface area contributed by atoms with Gasteiger partial charge in [-0.2, -0.15) is 5.26 Å². The average molecular weight is 311 g/mol. The van der Waals surface area contributed by atoms with E-state index in [9.17, 15) is 4.79 Å². The van der Waals surface area contributed by atoms with Gasteiger partial charge in [0.1, 0.15) is 0 Å². The van der Waals surface area contributed by atoms with Gasteiger partial charge in [0.05, 0.1) is 11.6 Å². The Morgan fingerprint density at radius 3 is 2.35 bits per heavy atom. The van der Waals surface area contributed by atoms with Crippen molar-refractivity contribution in [2.75, 3.05) is 26.2 Å². The van der Waals surface area contributed by atoms with E-state index in [1.54, 1.807) is 0 Å². The molecule has 0 spiro atoms. The normalized spacial score (nSPS) is 19.7. The van der Waals surface area contributed by atoms with Crippen LogP contribution < -0.4 is 0 Å². The monoisotopic (exact) mass is 311 g/mol. The maximum Gasteiger partial charge on any atom is 0.222 e. The molecule has 2 aliphatic heterocycles. The van der Waals surface area contributed by atoms with Crippen LogP contribution in [-0.2, 0) is 11.3 Å². The molecule has 0 N–H and O–H groups in total. The third-order valence-electron chi connectivity index (χ3n) is 5.12. The molecule has 0 unspecified atom stereocenters. The number of hydrogen-bond donors (Lipinski definition) is 0. The molecule has 1 aromatic rings. The number of amides is 1. The van der Waals surface area contributed by atoms with Crippen molar-refractivity contribution in [3.05, 3.63) is 35.4 Å². The summed E-state index contributed by atoms with van der Waals surface area (Å²) in [5, 5.41) is 8.84. The van der Waals surface area contributed by atoms with Gasteiger partial charge in [0, 0.05) is 26.1 Å².